The number of hydrogen-bond donors (Lipinski definition) is 3. The quantitative estimate of drug-likeness (QED) is 0.792. The van der Waals surface area contributed by atoms with Crippen LogP contribution in [0.2, 0.25) is 0 Å². The van der Waals surface area contributed by atoms with E-state index in [4.69, 9.17) is 5.73 Å². The first-order valence-corrected chi connectivity index (χ1v) is 6.56. The van der Waals surface area contributed by atoms with E-state index in [1.54, 1.807) is 18.2 Å². The Labute approximate surface area is 119 Å². The van der Waals surface area contributed by atoms with Crippen molar-refractivity contribution in [3.63, 3.8) is 0 Å². The van der Waals surface area contributed by atoms with E-state index in [0.717, 1.165) is 5.56 Å². The monoisotopic (exact) mass is 277 g/mol. The van der Waals surface area contributed by atoms with E-state index in [1.165, 1.54) is 6.92 Å². The number of carbonyl (C=O) groups is 2. The Morgan fingerprint density at radius 2 is 1.65 bits per heavy atom. The van der Waals surface area contributed by atoms with Gasteiger partial charge >= 0.3 is 0 Å². The molecule has 0 unspecified atom stereocenters. The summed E-state index contributed by atoms with van der Waals surface area (Å²) < 4.78 is 0. The van der Waals surface area contributed by atoms with Crippen molar-refractivity contribution in [2.24, 2.45) is 11.1 Å². The van der Waals surface area contributed by atoms with Gasteiger partial charge in [-0.05, 0) is 30.0 Å². The Kier molecular flexibility index (Phi) is 4.89. The van der Waals surface area contributed by atoms with Crippen LogP contribution in [0, 0.1) is 12.3 Å². The zero-order valence-corrected chi connectivity index (χ0v) is 12.7. The van der Waals surface area contributed by atoms with Crippen molar-refractivity contribution in [1.82, 2.24) is 0 Å². The Hall–Kier alpha value is -1.88. The van der Waals surface area contributed by atoms with Crippen LogP contribution < -0.4 is 16.4 Å². The first-order chi connectivity index (χ1) is 9.12. The van der Waals surface area contributed by atoms with Crippen LogP contribution >= 0.6 is 0 Å². The van der Waals surface area contributed by atoms with Crippen LogP contribution in [-0.4, -0.2) is 17.9 Å². The number of rotatable bonds is 3. The average molecular weight is 277 g/mol. The maximum Gasteiger partial charge on any atom is 0.241 e. The molecule has 0 spiro atoms. The number of amides is 2. The highest BCUT2D eigenvalue weighted by molar-refractivity contribution is 5.97. The second-order valence-electron chi connectivity index (χ2n) is 5.99. The summed E-state index contributed by atoms with van der Waals surface area (Å²) >= 11 is 0. The summed E-state index contributed by atoms with van der Waals surface area (Å²) in [5.74, 6) is -0.386. The molecular formula is C15H23N3O2. The van der Waals surface area contributed by atoms with Gasteiger partial charge in [-0.3, -0.25) is 9.59 Å². The van der Waals surface area contributed by atoms with Crippen LogP contribution in [0.3, 0.4) is 0 Å². The predicted octanol–water partition coefficient (Wildman–Crippen LogP) is 2.27. The lowest BCUT2D eigenvalue weighted by molar-refractivity contribution is -0.119. The summed E-state index contributed by atoms with van der Waals surface area (Å²) in [6.07, 6.45) is 0. The molecule has 0 saturated heterocycles. The van der Waals surface area contributed by atoms with Gasteiger partial charge in [0.05, 0.1) is 6.04 Å². The number of carbonyl (C=O) groups excluding carboxylic acids is 2. The van der Waals surface area contributed by atoms with Crippen LogP contribution in [0.15, 0.2) is 18.2 Å². The molecule has 0 fully saturated rings. The molecule has 1 aromatic carbocycles. The van der Waals surface area contributed by atoms with E-state index in [2.05, 4.69) is 10.6 Å². The topological polar surface area (TPSA) is 84.2 Å². The zero-order valence-electron chi connectivity index (χ0n) is 12.7. The van der Waals surface area contributed by atoms with E-state index in [1.807, 2.05) is 27.7 Å². The van der Waals surface area contributed by atoms with E-state index in [-0.39, 0.29) is 17.2 Å². The standard InChI is InChI=1S/C15H23N3O2/c1-9-11(17-10(2)19)7-6-8-12(9)18-14(20)13(16)15(3,4)5/h6-8,13H,16H2,1-5H3,(H,17,19)(H,18,20)/t13-/m1/s1. The van der Waals surface area contributed by atoms with Crippen LogP contribution in [0.4, 0.5) is 11.4 Å². The van der Waals surface area contributed by atoms with Gasteiger partial charge in [-0.25, -0.2) is 0 Å². The van der Waals surface area contributed by atoms with Gasteiger partial charge in [-0.2, -0.15) is 0 Å². The van der Waals surface area contributed by atoms with Gasteiger partial charge < -0.3 is 16.4 Å². The third kappa shape index (κ3) is 4.06. The van der Waals surface area contributed by atoms with E-state index >= 15 is 0 Å². The highest BCUT2D eigenvalue weighted by Crippen LogP contribution is 2.25. The zero-order chi connectivity index (χ0) is 15.5. The number of hydrogen-bond acceptors (Lipinski definition) is 3. The third-order valence-electron chi connectivity index (χ3n) is 3.12. The second kappa shape index (κ2) is 6.05. The van der Waals surface area contributed by atoms with Gasteiger partial charge in [0.1, 0.15) is 0 Å². The van der Waals surface area contributed by atoms with Crippen molar-refractivity contribution in [3.8, 4) is 0 Å². The molecule has 5 heteroatoms. The number of benzene rings is 1. The number of nitrogens with one attached hydrogen (secondary N) is 2. The molecule has 0 aliphatic carbocycles. The summed E-state index contributed by atoms with van der Waals surface area (Å²) in [7, 11) is 0. The van der Waals surface area contributed by atoms with Gasteiger partial charge in [0.25, 0.3) is 0 Å². The van der Waals surface area contributed by atoms with Crippen LogP contribution in [0.1, 0.15) is 33.3 Å². The fourth-order valence-electron chi connectivity index (χ4n) is 1.70. The Morgan fingerprint density at radius 3 is 2.10 bits per heavy atom. The minimum absolute atomic E-state index is 0.150. The van der Waals surface area contributed by atoms with Crippen molar-refractivity contribution in [2.45, 2.75) is 40.7 Å². The van der Waals surface area contributed by atoms with Gasteiger partial charge in [0.2, 0.25) is 11.8 Å². The minimum Gasteiger partial charge on any atom is -0.326 e. The highest BCUT2D eigenvalue weighted by atomic mass is 16.2. The lowest BCUT2D eigenvalue weighted by atomic mass is 9.87. The molecule has 0 aliphatic rings. The molecule has 1 aromatic rings. The Balaban J connectivity index is 2.94. The fourth-order valence-corrected chi connectivity index (χ4v) is 1.70. The third-order valence-corrected chi connectivity index (χ3v) is 3.12. The van der Waals surface area contributed by atoms with Gasteiger partial charge in [0, 0.05) is 18.3 Å². The summed E-state index contributed by atoms with van der Waals surface area (Å²) in [6, 6.07) is 4.74. The maximum absolute atomic E-state index is 12.1. The van der Waals surface area contributed by atoms with Crippen LogP contribution in [0.25, 0.3) is 0 Å². The summed E-state index contributed by atoms with van der Waals surface area (Å²) in [5.41, 5.74) is 7.75. The first kappa shape index (κ1) is 16.2. The maximum atomic E-state index is 12.1. The molecule has 4 N–H and O–H groups in total. The molecule has 0 aliphatic heterocycles. The summed E-state index contributed by atoms with van der Waals surface area (Å²) in [6.45, 7) is 9.03. The van der Waals surface area contributed by atoms with Crippen LogP contribution in [0.5, 0.6) is 0 Å². The SMILES string of the molecule is CC(=O)Nc1cccc(NC(=O)[C@@H](N)C(C)(C)C)c1C. The lowest BCUT2D eigenvalue weighted by Crippen LogP contribution is -2.45. The van der Waals surface area contributed by atoms with Crippen LogP contribution in [-0.2, 0) is 9.59 Å². The summed E-state index contributed by atoms with van der Waals surface area (Å²) in [4.78, 5) is 23.2. The predicted molar refractivity (Wildman–Crippen MR) is 81.5 cm³/mol. The van der Waals surface area contributed by atoms with E-state index in [0.29, 0.717) is 11.4 Å². The van der Waals surface area contributed by atoms with Gasteiger partial charge in [-0.15, -0.1) is 0 Å². The molecule has 0 aromatic heterocycles. The Bertz CT molecular complexity index is 518. The molecule has 0 heterocycles. The fraction of sp³-hybridized carbons (Fsp3) is 0.467. The molecule has 0 saturated carbocycles. The second-order valence-corrected chi connectivity index (χ2v) is 5.99. The van der Waals surface area contributed by atoms with Crippen molar-refractivity contribution < 1.29 is 9.59 Å². The minimum atomic E-state index is -0.605. The highest BCUT2D eigenvalue weighted by Gasteiger charge is 2.27. The molecule has 0 radical (unpaired) electrons. The molecule has 2 amide bonds. The largest absolute Gasteiger partial charge is 0.326 e. The smallest absolute Gasteiger partial charge is 0.241 e. The molecule has 110 valence electrons. The van der Waals surface area contributed by atoms with Crippen molar-refractivity contribution >= 4 is 23.2 Å². The normalized spacial score (nSPS) is 12.7. The van der Waals surface area contributed by atoms with Crippen molar-refractivity contribution in [2.75, 3.05) is 10.6 Å². The number of anilines is 2. The van der Waals surface area contributed by atoms with Crippen molar-refractivity contribution in [3.05, 3.63) is 23.8 Å². The van der Waals surface area contributed by atoms with Gasteiger partial charge in [0.15, 0.2) is 0 Å². The first-order valence-electron chi connectivity index (χ1n) is 6.56. The van der Waals surface area contributed by atoms with Crippen molar-refractivity contribution in [1.29, 1.82) is 0 Å². The molecule has 20 heavy (non-hydrogen) atoms. The van der Waals surface area contributed by atoms with E-state index < -0.39 is 6.04 Å². The Morgan fingerprint density at radius 1 is 1.15 bits per heavy atom. The molecule has 1 rings (SSSR count). The van der Waals surface area contributed by atoms with E-state index in [9.17, 15) is 9.59 Å². The summed E-state index contributed by atoms with van der Waals surface area (Å²) in [5, 5.41) is 5.54. The average Bonchev–Trinajstić information content (AvgIpc) is 2.31. The number of nitrogens with two attached hydrogens (primary N) is 1. The molecule has 1 atom stereocenters. The molecular weight excluding hydrogens is 254 g/mol. The lowest BCUT2D eigenvalue weighted by Gasteiger charge is -2.26. The van der Waals surface area contributed by atoms with Gasteiger partial charge in [-0.1, -0.05) is 26.8 Å². The molecule has 5 nitrogen and oxygen atoms in total. The molecule has 0 bridgehead atoms.